The van der Waals surface area contributed by atoms with E-state index < -0.39 is 29.9 Å². The molecular weight excluding hydrogens is 392 g/mol. The van der Waals surface area contributed by atoms with E-state index in [4.69, 9.17) is 0 Å². The van der Waals surface area contributed by atoms with Crippen LogP contribution in [-0.2, 0) is 26.3 Å². The maximum Gasteiger partial charge on any atom is 0.325 e. The smallest absolute Gasteiger partial charge is 0.323 e. The second-order valence-corrected chi connectivity index (χ2v) is 8.38. The Balaban J connectivity index is 1.42. The van der Waals surface area contributed by atoms with E-state index in [2.05, 4.69) is 10.6 Å². The van der Waals surface area contributed by atoms with Gasteiger partial charge in [0.15, 0.2) is 0 Å². The lowest BCUT2D eigenvalue weighted by atomic mass is 9.80. The average Bonchev–Trinajstić information content (AvgIpc) is 3.28. The molecule has 1 spiro atoms. The number of carbonyl (C=O) groups is 4. The molecule has 1 fully saturated rings. The van der Waals surface area contributed by atoms with Gasteiger partial charge in [-0.05, 0) is 42.8 Å². The zero-order chi connectivity index (χ0) is 20.2. The Hall–Kier alpha value is -3.20. The minimum atomic E-state index is -1.08. The number of fused-ring (bicyclic) bond motifs is 3. The first-order chi connectivity index (χ1) is 14.0. The van der Waals surface area contributed by atoms with Crippen molar-refractivity contribution in [1.29, 1.82) is 0 Å². The molecule has 0 bridgehead atoms. The zero-order valence-electron chi connectivity index (χ0n) is 15.4. The van der Waals surface area contributed by atoms with Gasteiger partial charge in [-0.1, -0.05) is 12.1 Å². The lowest BCUT2D eigenvalue weighted by molar-refractivity contribution is -0.135. The third kappa shape index (κ3) is 2.65. The highest BCUT2D eigenvalue weighted by Gasteiger charge is 2.54. The number of rotatable bonds is 2. The van der Waals surface area contributed by atoms with Crippen LogP contribution in [-0.4, -0.2) is 41.7 Å². The van der Waals surface area contributed by atoms with Crippen molar-refractivity contribution in [2.75, 3.05) is 23.3 Å². The van der Waals surface area contributed by atoms with Crippen molar-refractivity contribution < 1.29 is 19.2 Å². The van der Waals surface area contributed by atoms with Crippen molar-refractivity contribution in [3.8, 4) is 0 Å². The number of urea groups is 1. The van der Waals surface area contributed by atoms with Crippen LogP contribution in [0.3, 0.4) is 0 Å². The van der Waals surface area contributed by atoms with Gasteiger partial charge in [0.05, 0.1) is 11.4 Å². The minimum Gasteiger partial charge on any atom is -0.323 e. The van der Waals surface area contributed by atoms with Crippen molar-refractivity contribution in [2.45, 2.75) is 24.8 Å². The first-order valence-electron chi connectivity index (χ1n) is 9.40. The number of carbonyl (C=O) groups excluding carboxylic acids is 4. The number of anilines is 2. The van der Waals surface area contributed by atoms with E-state index in [0.29, 0.717) is 17.8 Å². The van der Waals surface area contributed by atoms with Gasteiger partial charge in [0.2, 0.25) is 11.8 Å². The van der Waals surface area contributed by atoms with Crippen molar-refractivity contribution >= 4 is 46.5 Å². The number of aryl methyl sites for hydroxylation is 1. The Morgan fingerprint density at radius 1 is 1.17 bits per heavy atom. The first-order valence-corrected chi connectivity index (χ1v) is 10.3. The molecule has 1 aromatic carbocycles. The summed E-state index contributed by atoms with van der Waals surface area (Å²) >= 11 is 1.58. The third-order valence-corrected chi connectivity index (χ3v) is 6.68. The number of benzene rings is 1. The Labute approximate surface area is 170 Å². The maximum absolute atomic E-state index is 13.3. The standard InChI is InChI=1S/C20H18N4O4S/c25-16-10-23(14-5-2-1-4-13(14)21-16)17(26)11-24-18(27)20(22-19(24)28)8-3-6-15-12(20)7-9-29-15/h1-2,4-5,7,9H,3,6,8,10-11H2,(H,21,25)(H,22,28)/t20-/m0/s1. The largest absolute Gasteiger partial charge is 0.325 e. The summed E-state index contributed by atoms with van der Waals surface area (Å²) in [5.41, 5.74) is 0.838. The maximum atomic E-state index is 13.3. The number of para-hydroxylation sites is 2. The topological polar surface area (TPSA) is 98.8 Å². The molecule has 8 nitrogen and oxygen atoms in total. The van der Waals surface area contributed by atoms with Gasteiger partial charge in [0.1, 0.15) is 18.6 Å². The highest BCUT2D eigenvalue weighted by Crippen LogP contribution is 2.42. The molecule has 3 aliphatic rings. The van der Waals surface area contributed by atoms with E-state index in [1.54, 1.807) is 35.6 Å². The van der Waals surface area contributed by atoms with Crippen molar-refractivity contribution in [3.05, 3.63) is 46.2 Å². The Morgan fingerprint density at radius 2 is 2.00 bits per heavy atom. The van der Waals surface area contributed by atoms with Crippen LogP contribution in [0.4, 0.5) is 16.2 Å². The number of hydrogen-bond acceptors (Lipinski definition) is 5. The van der Waals surface area contributed by atoms with E-state index in [0.717, 1.165) is 28.2 Å². The summed E-state index contributed by atoms with van der Waals surface area (Å²) in [6.07, 6.45) is 2.19. The molecule has 0 unspecified atom stereocenters. The molecular formula is C20H18N4O4S. The molecule has 1 aromatic heterocycles. The summed E-state index contributed by atoms with van der Waals surface area (Å²) in [5, 5.41) is 7.49. The molecule has 2 aromatic rings. The number of hydrogen-bond donors (Lipinski definition) is 2. The molecule has 2 aliphatic heterocycles. The Morgan fingerprint density at radius 3 is 2.86 bits per heavy atom. The van der Waals surface area contributed by atoms with Crippen LogP contribution in [0.25, 0.3) is 0 Å². The summed E-state index contributed by atoms with van der Waals surface area (Å²) in [4.78, 5) is 54.3. The molecule has 2 N–H and O–H groups in total. The normalized spacial score (nSPS) is 23.0. The van der Waals surface area contributed by atoms with E-state index in [1.165, 1.54) is 4.90 Å². The molecule has 29 heavy (non-hydrogen) atoms. The predicted molar refractivity (Wildman–Crippen MR) is 107 cm³/mol. The van der Waals surface area contributed by atoms with Crippen LogP contribution in [0.1, 0.15) is 23.3 Å². The molecule has 5 rings (SSSR count). The summed E-state index contributed by atoms with van der Waals surface area (Å²) in [6, 6.07) is 8.26. The van der Waals surface area contributed by atoms with Crippen molar-refractivity contribution in [1.82, 2.24) is 10.2 Å². The summed E-state index contributed by atoms with van der Waals surface area (Å²) in [6.45, 7) is -0.563. The average molecular weight is 410 g/mol. The fourth-order valence-electron chi connectivity index (χ4n) is 4.36. The zero-order valence-corrected chi connectivity index (χ0v) is 16.3. The Bertz CT molecular complexity index is 1060. The predicted octanol–water partition coefficient (Wildman–Crippen LogP) is 1.82. The fourth-order valence-corrected chi connectivity index (χ4v) is 5.36. The van der Waals surface area contributed by atoms with Gasteiger partial charge in [-0.2, -0.15) is 0 Å². The van der Waals surface area contributed by atoms with Gasteiger partial charge in [-0.25, -0.2) is 4.79 Å². The van der Waals surface area contributed by atoms with Gasteiger partial charge >= 0.3 is 6.03 Å². The van der Waals surface area contributed by atoms with Crippen LogP contribution in [0.2, 0.25) is 0 Å². The van der Waals surface area contributed by atoms with Crippen molar-refractivity contribution in [2.24, 2.45) is 0 Å². The number of imide groups is 1. The molecule has 1 aliphatic carbocycles. The van der Waals surface area contributed by atoms with E-state index >= 15 is 0 Å². The molecule has 9 heteroatoms. The highest BCUT2D eigenvalue weighted by atomic mass is 32.1. The Kier molecular flexibility index (Phi) is 3.95. The van der Waals surface area contributed by atoms with Gasteiger partial charge in [-0.3, -0.25) is 24.2 Å². The molecule has 0 radical (unpaired) electrons. The number of nitrogens with zero attached hydrogens (tertiary/aromatic N) is 2. The summed E-state index contributed by atoms with van der Waals surface area (Å²) < 4.78 is 0. The first kappa shape index (κ1) is 17.9. The second-order valence-electron chi connectivity index (χ2n) is 7.38. The van der Waals surface area contributed by atoms with E-state index in [9.17, 15) is 19.2 Å². The van der Waals surface area contributed by atoms with Crippen LogP contribution in [0, 0.1) is 0 Å². The summed E-state index contributed by atoms with van der Waals surface area (Å²) in [5.74, 6) is -1.19. The second kappa shape index (κ2) is 6.41. The van der Waals surface area contributed by atoms with Crippen molar-refractivity contribution in [3.63, 3.8) is 0 Å². The molecule has 5 amide bonds. The molecule has 0 saturated carbocycles. The van der Waals surface area contributed by atoms with E-state index in [-0.39, 0.29) is 12.5 Å². The van der Waals surface area contributed by atoms with Crippen LogP contribution < -0.4 is 15.5 Å². The lowest BCUT2D eigenvalue weighted by Crippen LogP contribution is -2.49. The van der Waals surface area contributed by atoms with E-state index in [1.807, 2.05) is 11.4 Å². The number of nitrogens with one attached hydrogen (secondary N) is 2. The molecule has 1 atom stereocenters. The van der Waals surface area contributed by atoms with Crippen LogP contribution in [0.15, 0.2) is 35.7 Å². The van der Waals surface area contributed by atoms with Gasteiger partial charge in [-0.15, -0.1) is 11.3 Å². The SMILES string of the molecule is O=C1CN(C(=O)CN2C(=O)N[C@]3(CCCc4sccc43)C2=O)c2ccccc2N1. The van der Waals surface area contributed by atoms with Gasteiger partial charge < -0.3 is 10.6 Å². The number of thiophene rings is 1. The monoisotopic (exact) mass is 410 g/mol. The van der Waals surface area contributed by atoms with Crippen LogP contribution in [0.5, 0.6) is 0 Å². The lowest BCUT2D eigenvalue weighted by Gasteiger charge is -2.32. The molecule has 1 saturated heterocycles. The van der Waals surface area contributed by atoms with Gasteiger partial charge in [0, 0.05) is 10.4 Å². The minimum absolute atomic E-state index is 0.153. The number of amides is 5. The third-order valence-electron chi connectivity index (χ3n) is 5.70. The van der Waals surface area contributed by atoms with Crippen LogP contribution >= 0.6 is 11.3 Å². The van der Waals surface area contributed by atoms with Gasteiger partial charge in [0.25, 0.3) is 5.91 Å². The quantitative estimate of drug-likeness (QED) is 0.738. The highest BCUT2D eigenvalue weighted by molar-refractivity contribution is 7.10. The fraction of sp³-hybridized carbons (Fsp3) is 0.300. The molecule has 148 valence electrons. The summed E-state index contributed by atoms with van der Waals surface area (Å²) in [7, 11) is 0. The molecule has 3 heterocycles.